The van der Waals surface area contributed by atoms with Crippen molar-refractivity contribution < 1.29 is 9.53 Å². The van der Waals surface area contributed by atoms with E-state index in [-0.39, 0.29) is 12.1 Å². The van der Waals surface area contributed by atoms with Gasteiger partial charge in [-0.15, -0.1) is 0 Å². The zero-order valence-corrected chi connectivity index (χ0v) is 19.8. The highest BCUT2D eigenvalue weighted by atomic mass is 16.5. The largest absolute Gasteiger partial charge is 0.497 e. The Kier molecular flexibility index (Phi) is 5.61. The fraction of sp³-hybridized carbons (Fsp3) is 0.231. The van der Waals surface area contributed by atoms with Crippen LogP contribution in [0.5, 0.6) is 5.75 Å². The Bertz CT molecular complexity index is 1460. The van der Waals surface area contributed by atoms with Gasteiger partial charge in [-0.1, -0.05) is 12.1 Å². The van der Waals surface area contributed by atoms with Crippen LogP contribution in [0.1, 0.15) is 12.0 Å². The summed E-state index contributed by atoms with van der Waals surface area (Å²) in [5.41, 5.74) is 5.00. The summed E-state index contributed by atoms with van der Waals surface area (Å²) in [4.78, 5) is 23.5. The highest BCUT2D eigenvalue weighted by Gasteiger charge is 2.30. The van der Waals surface area contributed by atoms with Crippen LogP contribution in [0.25, 0.3) is 10.9 Å². The van der Waals surface area contributed by atoms with Gasteiger partial charge in [-0.05, 0) is 42.3 Å². The highest BCUT2D eigenvalue weighted by molar-refractivity contribution is 5.89. The maximum atomic E-state index is 12.8. The maximum absolute atomic E-state index is 12.8. The first kappa shape index (κ1) is 21.9. The third-order valence-corrected chi connectivity index (χ3v) is 6.67. The Morgan fingerprint density at radius 3 is 2.97 bits per heavy atom. The first-order chi connectivity index (χ1) is 17.7. The molecule has 6 rings (SSSR count). The van der Waals surface area contributed by atoms with Crippen molar-refractivity contribution in [2.24, 2.45) is 0 Å². The zero-order valence-electron chi connectivity index (χ0n) is 19.8. The molecule has 2 aromatic heterocycles. The number of nitrogens with one attached hydrogen (secondary N) is 4. The van der Waals surface area contributed by atoms with E-state index in [1.807, 2.05) is 47.4 Å². The number of ether oxygens (including phenoxy) is 1. The van der Waals surface area contributed by atoms with Crippen molar-refractivity contribution in [1.82, 2.24) is 25.1 Å². The summed E-state index contributed by atoms with van der Waals surface area (Å²) >= 11 is 0. The van der Waals surface area contributed by atoms with Gasteiger partial charge < -0.3 is 25.6 Å². The van der Waals surface area contributed by atoms with Gasteiger partial charge in [0.05, 0.1) is 24.9 Å². The number of H-pyrrole nitrogens is 1. The molecule has 4 N–H and O–H groups in total. The standard InChI is InChI=1S/C26H26N8O2/c1-36-20-4-2-3-18(12-20)31-26(35)34-9-7-16(8-10-34)23-13-21-24(27-15-28-25(21)32-23)30-19-5-6-22-17(11-19)14-29-33-22/h2-7,11-12,14-15,23H,8-10,13H2,1H3,(H,29,33)(H,31,35)(H2,27,28,30,32). The lowest BCUT2D eigenvalue weighted by molar-refractivity contribution is 0.215. The number of methoxy groups -OCH3 is 1. The molecule has 1 unspecified atom stereocenters. The number of benzene rings is 2. The molecule has 10 heteroatoms. The van der Waals surface area contributed by atoms with E-state index in [9.17, 15) is 4.79 Å². The first-order valence-corrected chi connectivity index (χ1v) is 11.9. The summed E-state index contributed by atoms with van der Waals surface area (Å²) in [6.45, 7) is 1.21. The van der Waals surface area contributed by atoms with Crippen LogP contribution in [0.2, 0.25) is 0 Å². The minimum absolute atomic E-state index is 0.117. The van der Waals surface area contributed by atoms with Crippen molar-refractivity contribution >= 4 is 39.9 Å². The van der Waals surface area contributed by atoms with Gasteiger partial charge in [0.15, 0.2) is 0 Å². The molecule has 0 aliphatic carbocycles. The average molecular weight is 483 g/mol. The molecule has 182 valence electrons. The summed E-state index contributed by atoms with van der Waals surface area (Å²) in [5, 5.41) is 18.0. The predicted octanol–water partition coefficient (Wildman–Crippen LogP) is 4.31. The van der Waals surface area contributed by atoms with E-state index in [0.29, 0.717) is 24.5 Å². The number of rotatable bonds is 5. The molecule has 2 amide bonds. The Morgan fingerprint density at radius 2 is 2.11 bits per heavy atom. The second kappa shape index (κ2) is 9.21. The fourth-order valence-electron chi connectivity index (χ4n) is 4.73. The Balaban J connectivity index is 1.11. The van der Waals surface area contributed by atoms with Gasteiger partial charge in [-0.2, -0.15) is 5.10 Å². The number of carbonyl (C=O) groups is 1. The molecule has 0 spiro atoms. The molecule has 36 heavy (non-hydrogen) atoms. The second-order valence-corrected chi connectivity index (χ2v) is 8.88. The molecule has 1 atom stereocenters. The van der Waals surface area contributed by atoms with Crippen LogP contribution in [-0.4, -0.2) is 57.3 Å². The van der Waals surface area contributed by atoms with Crippen LogP contribution in [0.4, 0.5) is 27.8 Å². The maximum Gasteiger partial charge on any atom is 0.322 e. The Labute approximate surface area is 207 Å². The van der Waals surface area contributed by atoms with Crippen LogP contribution >= 0.6 is 0 Å². The van der Waals surface area contributed by atoms with Gasteiger partial charge in [0.25, 0.3) is 0 Å². The number of hydrogen-bond acceptors (Lipinski definition) is 7. The van der Waals surface area contributed by atoms with Crippen molar-refractivity contribution in [2.75, 3.05) is 36.1 Å². The third kappa shape index (κ3) is 4.28. The van der Waals surface area contributed by atoms with Gasteiger partial charge in [0.2, 0.25) is 0 Å². The van der Waals surface area contributed by atoms with E-state index < -0.39 is 0 Å². The summed E-state index contributed by atoms with van der Waals surface area (Å²) < 4.78 is 5.24. The number of urea groups is 1. The highest BCUT2D eigenvalue weighted by Crippen LogP contribution is 2.34. The minimum atomic E-state index is -0.117. The fourth-order valence-corrected chi connectivity index (χ4v) is 4.73. The molecule has 0 saturated heterocycles. The topological polar surface area (TPSA) is 120 Å². The number of amides is 2. The number of anilines is 4. The lowest BCUT2D eigenvalue weighted by Gasteiger charge is -2.29. The average Bonchev–Trinajstić information content (AvgIpc) is 3.56. The monoisotopic (exact) mass is 482 g/mol. The molecule has 2 aliphatic rings. The van der Waals surface area contributed by atoms with Crippen molar-refractivity contribution in [3.8, 4) is 5.75 Å². The summed E-state index contributed by atoms with van der Waals surface area (Å²) in [6.07, 6.45) is 7.11. The van der Waals surface area contributed by atoms with E-state index in [0.717, 1.165) is 46.6 Å². The number of aromatic nitrogens is 4. The van der Waals surface area contributed by atoms with Crippen LogP contribution in [0, 0.1) is 0 Å². The Morgan fingerprint density at radius 1 is 1.17 bits per heavy atom. The van der Waals surface area contributed by atoms with Gasteiger partial charge in [0, 0.05) is 47.9 Å². The number of aromatic amines is 1. The summed E-state index contributed by atoms with van der Waals surface area (Å²) in [5.74, 6) is 2.36. The lowest BCUT2D eigenvalue weighted by atomic mass is 9.97. The van der Waals surface area contributed by atoms with Gasteiger partial charge in [0.1, 0.15) is 23.7 Å². The molecule has 10 nitrogen and oxygen atoms in total. The van der Waals surface area contributed by atoms with E-state index in [4.69, 9.17) is 4.74 Å². The van der Waals surface area contributed by atoms with Crippen molar-refractivity contribution in [2.45, 2.75) is 18.9 Å². The van der Waals surface area contributed by atoms with Crippen LogP contribution < -0.4 is 20.7 Å². The molecule has 2 aliphatic heterocycles. The van der Waals surface area contributed by atoms with Gasteiger partial charge in [-0.3, -0.25) is 5.10 Å². The number of nitrogens with zero attached hydrogens (tertiary/aromatic N) is 4. The molecular formula is C26H26N8O2. The SMILES string of the molecule is COc1cccc(NC(=O)N2CC=C(C3Cc4c(Nc5ccc6[nH]ncc6c5)ncnc4N3)CC2)c1. The molecule has 0 fully saturated rings. The van der Waals surface area contributed by atoms with Gasteiger partial charge in [-0.25, -0.2) is 14.8 Å². The number of fused-ring (bicyclic) bond motifs is 2. The molecule has 0 radical (unpaired) electrons. The predicted molar refractivity (Wildman–Crippen MR) is 139 cm³/mol. The smallest absolute Gasteiger partial charge is 0.322 e. The third-order valence-electron chi connectivity index (χ3n) is 6.67. The van der Waals surface area contributed by atoms with Crippen LogP contribution in [0.15, 0.2) is 66.6 Å². The molecule has 4 aromatic rings. The first-order valence-electron chi connectivity index (χ1n) is 11.9. The summed E-state index contributed by atoms with van der Waals surface area (Å²) in [6, 6.07) is 13.4. The van der Waals surface area contributed by atoms with Crippen LogP contribution in [0.3, 0.4) is 0 Å². The number of hydrogen-bond donors (Lipinski definition) is 4. The van der Waals surface area contributed by atoms with Crippen molar-refractivity contribution in [3.05, 3.63) is 72.2 Å². The van der Waals surface area contributed by atoms with E-state index in [1.165, 1.54) is 5.57 Å². The van der Waals surface area contributed by atoms with Gasteiger partial charge >= 0.3 is 6.03 Å². The summed E-state index contributed by atoms with van der Waals surface area (Å²) in [7, 11) is 1.61. The molecule has 2 aromatic carbocycles. The van der Waals surface area contributed by atoms with E-state index >= 15 is 0 Å². The number of carbonyl (C=O) groups excluding carboxylic acids is 1. The quantitative estimate of drug-likeness (QED) is 0.313. The normalized spacial score (nSPS) is 16.8. The molecule has 0 bridgehead atoms. The van der Waals surface area contributed by atoms with E-state index in [1.54, 1.807) is 19.6 Å². The second-order valence-electron chi connectivity index (χ2n) is 8.88. The van der Waals surface area contributed by atoms with Crippen molar-refractivity contribution in [1.29, 1.82) is 0 Å². The molecule has 0 saturated carbocycles. The van der Waals surface area contributed by atoms with E-state index in [2.05, 4.69) is 42.2 Å². The Hall–Kier alpha value is -4.60. The minimum Gasteiger partial charge on any atom is -0.497 e. The zero-order chi connectivity index (χ0) is 24.5. The molecular weight excluding hydrogens is 456 g/mol. The van der Waals surface area contributed by atoms with Crippen molar-refractivity contribution in [3.63, 3.8) is 0 Å². The lowest BCUT2D eigenvalue weighted by Crippen LogP contribution is -2.39. The van der Waals surface area contributed by atoms with Crippen LogP contribution in [-0.2, 0) is 6.42 Å². The molecule has 4 heterocycles.